The Morgan fingerprint density at radius 1 is 1.22 bits per heavy atom. The summed E-state index contributed by atoms with van der Waals surface area (Å²) in [5, 5.41) is 16.3. The molecule has 116 valence electrons. The van der Waals surface area contributed by atoms with Gasteiger partial charge in [-0.3, -0.25) is 4.79 Å². The maximum absolute atomic E-state index is 13.8. The molecule has 0 atom stereocenters. The van der Waals surface area contributed by atoms with Gasteiger partial charge in [0.25, 0.3) is 5.91 Å². The molecule has 3 aromatic rings. The van der Waals surface area contributed by atoms with Gasteiger partial charge >= 0.3 is 0 Å². The van der Waals surface area contributed by atoms with E-state index in [0.717, 1.165) is 11.6 Å². The van der Waals surface area contributed by atoms with Crippen LogP contribution in [0, 0.1) is 5.82 Å². The summed E-state index contributed by atoms with van der Waals surface area (Å²) in [4.78, 5) is 16.1. The van der Waals surface area contributed by atoms with Gasteiger partial charge in [-0.05, 0) is 23.8 Å². The molecule has 3 rings (SSSR count). The minimum Gasteiger partial charge on any atom is -0.507 e. The molecule has 2 aromatic carbocycles. The molecule has 0 fully saturated rings. The van der Waals surface area contributed by atoms with Crippen molar-refractivity contribution in [3.05, 3.63) is 72.1 Å². The maximum atomic E-state index is 13.8. The zero-order valence-corrected chi connectivity index (χ0v) is 12.0. The molecule has 0 saturated carbocycles. The third-order valence-corrected chi connectivity index (χ3v) is 3.28. The number of hydrogen-bond acceptors (Lipinski definition) is 4. The highest BCUT2D eigenvalue weighted by molar-refractivity contribution is 6.06. The van der Waals surface area contributed by atoms with E-state index in [1.807, 2.05) is 12.1 Å². The van der Waals surface area contributed by atoms with Gasteiger partial charge in [0.2, 0.25) is 0 Å². The van der Waals surface area contributed by atoms with Crippen LogP contribution in [0.1, 0.15) is 15.9 Å². The topological polar surface area (TPSA) is 80.0 Å². The van der Waals surface area contributed by atoms with Crippen LogP contribution in [0.15, 0.2) is 55.1 Å². The van der Waals surface area contributed by atoms with Crippen molar-refractivity contribution in [2.75, 3.05) is 5.32 Å². The van der Waals surface area contributed by atoms with E-state index in [9.17, 15) is 14.3 Å². The Morgan fingerprint density at radius 3 is 2.78 bits per heavy atom. The number of aromatic nitrogens is 3. The molecule has 7 heteroatoms. The molecule has 0 saturated heterocycles. The van der Waals surface area contributed by atoms with Gasteiger partial charge in [0.05, 0.1) is 6.54 Å². The minimum atomic E-state index is -0.781. The third-order valence-electron chi connectivity index (χ3n) is 3.28. The van der Waals surface area contributed by atoms with Crippen LogP contribution in [0.25, 0.3) is 0 Å². The quantitative estimate of drug-likeness (QED) is 0.775. The summed E-state index contributed by atoms with van der Waals surface area (Å²) in [6.07, 6.45) is 2.97. The highest BCUT2D eigenvalue weighted by Gasteiger charge is 2.17. The number of aromatic hydroxyl groups is 1. The van der Waals surface area contributed by atoms with E-state index >= 15 is 0 Å². The van der Waals surface area contributed by atoms with Gasteiger partial charge in [0.15, 0.2) is 0 Å². The van der Waals surface area contributed by atoms with Crippen LogP contribution < -0.4 is 5.32 Å². The van der Waals surface area contributed by atoms with Crippen LogP contribution in [-0.2, 0) is 6.54 Å². The average molecular weight is 312 g/mol. The van der Waals surface area contributed by atoms with Crippen molar-refractivity contribution in [1.29, 1.82) is 0 Å². The molecule has 2 N–H and O–H groups in total. The van der Waals surface area contributed by atoms with Crippen molar-refractivity contribution >= 4 is 11.6 Å². The lowest BCUT2D eigenvalue weighted by Gasteiger charge is -2.12. The highest BCUT2D eigenvalue weighted by atomic mass is 19.1. The summed E-state index contributed by atoms with van der Waals surface area (Å²) < 4.78 is 15.4. The minimum absolute atomic E-state index is 0.386. The fraction of sp³-hybridized carbons (Fsp3) is 0.0625. The van der Waals surface area contributed by atoms with Crippen LogP contribution >= 0.6 is 0 Å². The Kier molecular flexibility index (Phi) is 4.01. The molecule has 1 amide bonds. The number of carbonyl (C=O) groups is 1. The Morgan fingerprint density at radius 2 is 2.04 bits per heavy atom. The lowest BCUT2D eigenvalue weighted by Crippen LogP contribution is -2.16. The number of halogens is 1. The van der Waals surface area contributed by atoms with Crippen molar-refractivity contribution in [3.8, 4) is 5.75 Å². The third kappa shape index (κ3) is 3.18. The summed E-state index contributed by atoms with van der Waals surface area (Å²) in [6, 6.07) is 10.8. The first-order valence-corrected chi connectivity index (χ1v) is 6.84. The second-order valence-electron chi connectivity index (χ2n) is 4.84. The maximum Gasteiger partial charge on any atom is 0.262 e. The van der Waals surface area contributed by atoms with Crippen molar-refractivity contribution < 1.29 is 14.3 Å². The summed E-state index contributed by atoms with van der Waals surface area (Å²) in [7, 11) is 0. The molecule has 1 aromatic heterocycles. The standard InChI is InChI=1S/C16H13FN4O2/c17-12-5-3-7-14(22)15(12)16(23)20-13-6-2-1-4-11(13)8-21-10-18-9-19-21/h1-7,9-10,22H,8H2,(H,20,23). The fourth-order valence-corrected chi connectivity index (χ4v) is 2.19. The van der Waals surface area contributed by atoms with E-state index in [1.54, 1.807) is 23.1 Å². The lowest BCUT2D eigenvalue weighted by molar-refractivity contribution is 0.102. The van der Waals surface area contributed by atoms with E-state index in [4.69, 9.17) is 0 Å². The molecule has 6 nitrogen and oxygen atoms in total. The van der Waals surface area contributed by atoms with Crippen LogP contribution in [0.2, 0.25) is 0 Å². The van der Waals surface area contributed by atoms with Crippen molar-refractivity contribution in [2.24, 2.45) is 0 Å². The second-order valence-corrected chi connectivity index (χ2v) is 4.84. The number of benzene rings is 2. The molecule has 0 aliphatic carbocycles. The van der Waals surface area contributed by atoms with Crippen molar-refractivity contribution in [1.82, 2.24) is 14.8 Å². The Labute approximate surface area is 131 Å². The lowest BCUT2D eigenvalue weighted by atomic mass is 10.1. The first-order chi connectivity index (χ1) is 11.1. The number of amides is 1. The zero-order chi connectivity index (χ0) is 16.2. The monoisotopic (exact) mass is 312 g/mol. The number of nitrogens with one attached hydrogen (secondary N) is 1. The second kappa shape index (κ2) is 6.27. The van der Waals surface area contributed by atoms with Crippen LogP contribution in [0.3, 0.4) is 0 Å². The molecular formula is C16H13FN4O2. The van der Waals surface area contributed by atoms with Crippen molar-refractivity contribution in [3.63, 3.8) is 0 Å². The Balaban J connectivity index is 1.87. The first-order valence-electron chi connectivity index (χ1n) is 6.84. The van der Waals surface area contributed by atoms with Crippen molar-refractivity contribution in [2.45, 2.75) is 6.54 Å². The van der Waals surface area contributed by atoms with Gasteiger partial charge < -0.3 is 10.4 Å². The first kappa shape index (κ1) is 14.7. The van der Waals surface area contributed by atoms with Crippen LogP contribution in [0.5, 0.6) is 5.75 Å². The van der Waals surface area contributed by atoms with Crippen LogP contribution in [0.4, 0.5) is 10.1 Å². The fourth-order valence-electron chi connectivity index (χ4n) is 2.19. The summed E-state index contributed by atoms with van der Waals surface area (Å²) in [6.45, 7) is 0.402. The molecule has 23 heavy (non-hydrogen) atoms. The molecular weight excluding hydrogens is 299 g/mol. The van der Waals surface area contributed by atoms with E-state index in [0.29, 0.717) is 12.2 Å². The summed E-state index contributed by atoms with van der Waals surface area (Å²) in [5.74, 6) is -1.90. The molecule has 0 spiro atoms. The number of hydrogen-bond donors (Lipinski definition) is 2. The number of phenolic OH excluding ortho intramolecular Hbond substituents is 1. The number of para-hydroxylation sites is 1. The van der Waals surface area contributed by atoms with Gasteiger partial charge in [-0.1, -0.05) is 24.3 Å². The van der Waals surface area contributed by atoms with Gasteiger partial charge in [0.1, 0.15) is 29.8 Å². The zero-order valence-electron chi connectivity index (χ0n) is 12.0. The Hall–Kier alpha value is -3.22. The van der Waals surface area contributed by atoms with Gasteiger partial charge in [-0.25, -0.2) is 14.1 Å². The number of nitrogens with zero attached hydrogens (tertiary/aromatic N) is 3. The van der Waals surface area contributed by atoms with Gasteiger partial charge in [-0.2, -0.15) is 5.10 Å². The number of anilines is 1. The number of rotatable bonds is 4. The van der Waals surface area contributed by atoms with E-state index in [1.165, 1.54) is 18.5 Å². The summed E-state index contributed by atoms with van der Waals surface area (Å²) in [5.41, 5.74) is 0.904. The predicted octanol–water partition coefficient (Wildman–Crippen LogP) is 2.42. The number of carbonyl (C=O) groups excluding carboxylic acids is 1. The van der Waals surface area contributed by atoms with E-state index in [2.05, 4.69) is 15.4 Å². The largest absolute Gasteiger partial charge is 0.507 e. The molecule has 0 radical (unpaired) electrons. The van der Waals surface area contributed by atoms with E-state index in [-0.39, 0.29) is 5.56 Å². The molecule has 1 heterocycles. The molecule has 0 bridgehead atoms. The highest BCUT2D eigenvalue weighted by Crippen LogP contribution is 2.23. The Bertz CT molecular complexity index is 814. The SMILES string of the molecule is O=C(Nc1ccccc1Cn1cncn1)c1c(O)cccc1F. The van der Waals surface area contributed by atoms with Crippen LogP contribution in [-0.4, -0.2) is 25.8 Å². The average Bonchev–Trinajstić information content (AvgIpc) is 3.02. The normalized spacial score (nSPS) is 10.5. The number of phenols is 1. The van der Waals surface area contributed by atoms with E-state index < -0.39 is 17.5 Å². The molecule has 0 aliphatic heterocycles. The summed E-state index contributed by atoms with van der Waals surface area (Å²) >= 11 is 0. The molecule has 0 aliphatic rings. The predicted molar refractivity (Wildman–Crippen MR) is 81.6 cm³/mol. The smallest absolute Gasteiger partial charge is 0.262 e. The van der Waals surface area contributed by atoms with Gasteiger partial charge in [-0.15, -0.1) is 0 Å². The van der Waals surface area contributed by atoms with Gasteiger partial charge in [0, 0.05) is 5.69 Å². The molecule has 0 unspecified atom stereocenters.